The first kappa shape index (κ1) is 13.4. The average molecular weight is 250 g/mol. The third kappa shape index (κ3) is 4.46. The third-order valence-corrected chi connectivity index (χ3v) is 3.42. The Hall–Kier alpha value is -0.660. The van der Waals surface area contributed by atoms with Crippen molar-refractivity contribution in [3.05, 3.63) is 0 Å². The van der Waals surface area contributed by atoms with E-state index < -0.39 is 15.9 Å². The summed E-state index contributed by atoms with van der Waals surface area (Å²) >= 11 is 0. The monoisotopic (exact) mass is 250 g/mol. The molecule has 7 heteroatoms. The van der Waals surface area contributed by atoms with E-state index in [1.807, 2.05) is 0 Å². The van der Waals surface area contributed by atoms with Crippen molar-refractivity contribution in [1.29, 1.82) is 0 Å². The van der Waals surface area contributed by atoms with Gasteiger partial charge in [0.05, 0.1) is 25.0 Å². The maximum atomic E-state index is 11.8. The van der Waals surface area contributed by atoms with Gasteiger partial charge in [-0.2, -0.15) is 0 Å². The SMILES string of the molecule is CS(=O)(=O)CCC(N)C(=O)N1CCOCC1. The Morgan fingerprint density at radius 1 is 1.44 bits per heavy atom. The Labute approximate surface area is 95.7 Å². The second kappa shape index (κ2) is 5.60. The molecule has 2 N–H and O–H groups in total. The fourth-order valence-corrected chi connectivity index (χ4v) is 2.16. The van der Waals surface area contributed by atoms with Gasteiger partial charge in [-0.25, -0.2) is 8.42 Å². The molecule has 1 unspecified atom stereocenters. The van der Waals surface area contributed by atoms with Crippen molar-refractivity contribution >= 4 is 15.7 Å². The summed E-state index contributed by atoms with van der Waals surface area (Å²) in [6.07, 6.45) is 1.31. The van der Waals surface area contributed by atoms with Gasteiger partial charge in [0.15, 0.2) is 0 Å². The van der Waals surface area contributed by atoms with E-state index in [0.717, 1.165) is 6.26 Å². The second-order valence-corrected chi connectivity index (χ2v) is 6.22. The highest BCUT2D eigenvalue weighted by molar-refractivity contribution is 7.90. The molecule has 0 spiro atoms. The molecule has 1 fully saturated rings. The van der Waals surface area contributed by atoms with Crippen molar-refractivity contribution in [1.82, 2.24) is 4.90 Å². The Kier molecular flexibility index (Phi) is 4.69. The molecule has 1 aliphatic heterocycles. The molecule has 16 heavy (non-hydrogen) atoms. The molecule has 1 heterocycles. The van der Waals surface area contributed by atoms with Crippen LogP contribution in [0.5, 0.6) is 0 Å². The Bertz CT molecular complexity index is 335. The maximum absolute atomic E-state index is 11.8. The summed E-state index contributed by atoms with van der Waals surface area (Å²) in [5, 5.41) is 0. The van der Waals surface area contributed by atoms with Gasteiger partial charge in [0.2, 0.25) is 5.91 Å². The van der Waals surface area contributed by atoms with Gasteiger partial charge < -0.3 is 15.4 Å². The number of morpholine rings is 1. The van der Waals surface area contributed by atoms with E-state index in [9.17, 15) is 13.2 Å². The van der Waals surface area contributed by atoms with Gasteiger partial charge >= 0.3 is 0 Å². The number of sulfone groups is 1. The molecule has 1 amide bonds. The van der Waals surface area contributed by atoms with Crippen molar-refractivity contribution < 1.29 is 17.9 Å². The van der Waals surface area contributed by atoms with Crippen LogP contribution in [-0.2, 0) is 19.4 Å². The quantitative estimate of drug-likeness (QED) is 0.663. The van der Waals surface area contributed by atoms with Crippen LogP contribution in [0.4, 0.5) is 0 Å². The van der Waals surface area contributed by atoms with Gasteiger partial charge in [-0.1, -0.05) is 0 Å². The third-order valence-electron chi connectivity index (χ3n) is 2.44. The molecule has 1 aliphatic rings. The van der Waals surface area contributed by atoms with E-state index in [4.69, 9.17) is 10.5 Å². The largest absolute Gasteiger partial charge is 0.378 e. The standard InChI is InChI=1S/C9H18N2O4S/c1-16(13,14)7-2-8(10)9(12)11-3-5-15-6-4-11/h8H,2-7,10H2,1H3. The average Bonchev–Trinajstić information content (AvgIpc) is 2.25. The van der Waals surface area contributed by atoms with Gasteiger partial charge in [0, 0.05) is 19.3 Å². The molecule has 1 rings (SSSR count). The lowest BCUT2D eigenvalue weighted by atomic mass is 10.2. The predicted molar refractivity (Wildman–Crippen MR) is 59.7 cm³/mol. The van der Waals surface area contributed by atoms with Gasteiger partial charge in [-0.05, 0) is 6.42 Å². The fourth-order valence-electron chi connectivity index (χ4n) is 1.48. The molecule has 6 nitrogen and oxygen atoms in total. The molecule has 0 aromatic heterocycles. The van der Waals surface area contributed by atoms with Crippen LogP contribution in [0.1, 0.15) is 6.42 Å². The summed E-state index contributed by atoms with van der Waals surface area (Å²) < 4.78 is 27.0. The van der Waals surface area contributed by atoms with Crippen molar-refractivity contribution in [2.45, 2.75) is 12.5 Å². The van der Waals surface area contributed by atoms with Crippen molar-refractivity contribution in [3.63, 3.8) is 0 Å². The molecular weight excluding hydrogens is 232 g/mol. The Morgan fingerprint density at radius 3 is 2.50 bits per heavy atom. The topological polar surface area (TPSA) is 89.7 Å². The van der Waals surface area contributed by atoms with E-state index >= 15 is 0 Å². The smallest absolute Gasteiger partial charge is 0.239 e. The first-order valence-electron chi connectivity index (χ1n) is 5.20. The Morgan fingerprint density at radius 2 is 2.00 bits per heavy atom. The van der Waals surface area contributed by atoms with Crippen LogP contribution in [0.2, 0.25) is 0 Å². The van der Waals surface area contributed by atoms with Crippen molar-refractivity contribution in [3.8, 4) is 0 Å². The second-order valence-electron chi connectivity index (χ2n) is 3.96. The lowest BCUT2D eigenvalue weighted by molar-refractivity contribution is -0.136. The summed E-state index contributed by atoms with van der Waals surface area (Å²) in [6.45, 7) is 2.10. The highest BCUT2D eigenvalue weighted by Crippen LogP contribution is 2.03. The lowest BCUT2D eigenvalue weighted by Crippen LogP contribution is -2.49. The number of amides is 1. The molecule has 0 bridgehead atoms. The van der Waals surface area contributed by atoms with Crippen LogP contribution in [0.25, 0.3) is 0 Å². The number of nitrogens with two attached hydrogens (primary N) is 1. The number of nitrogens with zero attached hydrogens (tertiary/aromatic N) is 1. The van der Waals surface area contributed by atoms with Crippen LogP contribution in [0.3, 0.4) is 0 Å². The normalized spacial score (nSPS) is 19.5. The van der Waals surface area contributed by atoms with Crippen LogP contribution in [0.15, 0.2) is 0 Å². The first-order chi connectivity index (χ1) is 7.40. The highest BCUT2D eigenvalue weighted by atomic mass is 32.2. The van der Waals surface area contributed by atoms with Gasteiger partial charge in [0.1, 0.15) is 9.84 Å². The number of carbonyl (C=O) groups excluding carboxylic acids is 1. The number of ether oxygens (including phenoxy) is 1. The number of hydrogen-bond donors (Lipinski definition) is 1. The summed E-state index contributed by atoms with van der Waals surface area (Å²) in [5.74, 6) is -0.239. The summed E-state index contributed by atoms with van der Waals surface area (Å²) in [7, 11) is -3.06. The van der Waals surface area contributed by atoms with Crippen LogP contribution in [0, 0.1) is 0 Å². The zero-order chi connectivity index (χ0) is 12.2. The number of hydrogen-bond acceptors (Lipinski definition) is 5. The molecule has 0 aromatic carbocycles. The van der Waals surface area contributed by atoms with Crippen LogP contribution < -0.4 is 5.73 Å². The number of rotatable bonds is 4. The molecule has 1 saturated heterocycles. The van der Waals surface area contributed by atoms with E-state index in [1.54, 1.807) is 4.90 Å². The number of carbonyl (C=O) groups is 1. The van der Waals surface area contributed by atoms with E-state index in [1.165, 1.54) is 0 Å². The van der Waals surface area contributed by atoms with Crippen LogP contribution in [-0.4, -0.2) is 63.6 Å². The van der Waals surface area contributed by atoms with Crippen molar-refractivity contribution in [2.75, 3.05) is 38.3 Å². The molecule has 0 aromatic rings. The molecule has 0 radical (unpaired) electrons. The minimum absolute atomic E-state index is 0.0513. The summed E-state index contributed by atoms with van der Waals surface area (Å²) in [5.41, 5.74) is 5.66. The van der Waals surface area contributed by atoms with E-state index in [0.29, 0.717) is 26.3 Å². The first-order valence-corrected chi connectivity index (χ1v) is 7.26. The fraction of sp³-hybridized carbons (Fsp3) is 0.889. The van der Waals surface area contributed by atoms with Crippen molar-refractivity contribution in [2.24, 2.45) is 5.73 Å². The molecule has 94 valence electrons. The summed E-state index contributed by atoms with van der Waals surface area (Å²) in [4.78, 5) is 13.4. The minimum Gasteiger partial charge on any atom is -0.378 e. The predicted octanol–water partition coefficient (Wildman–Crippen LogP) is -1.39. The zero-order valence-electron chi connectivity index (χ0n) is 9.39. The highest BCUT2D eigenvalue weighted by Gasteiger charge is 2.23. The molecule has 0 saturated carbocycles. The van der Waals surface area contributed by atoms with E-state index in [-0.39, 0.29) is 18.1 Å². The molecule has 1 atom stereocenters. The molecule has 0 aliphatic carbocycles. The molecular formula is C9H18N2O4S. The summed E-state index contributed by atoms with van der Waals surface area (Å²) in [6, 6.07) is -0.729. The van der Waals surface area contributed by atoms with Crippen LogP contribution >= 0.6 is 0 Å². The Balaban J connectivity index is 2.40. The van der Waals surface area contributed by atoms with Gasteiger partial charge in [0.25, 0.3) is 0 Å². The minimum atomic E-state index is -3.06. The lowest BCUT2D eigenvalue weighted by Gasteiger charge is -2.29. The van der Waals surface area contributed by atoms with E-state index in [2.05, 4.69) is 0 Å². The maximum Gasteiger partial charge on any atom is 0.239 e. The van der Waals surface area contributed by atoms with Gasteiger partial charge in [-0.3, -0.25) is 4.79 Å². The van der Waals surface area contributed by atoms with Gasteiger partial charge in [-0.15, -0.1) is 0 Å². The zero-order valence-corrected chi connectivity index (χ0v) is 10.2.